The SMILES string of the molecule is CC(C)C(CNC(=O)CCc1cccc(OC2CCCC2)c1)N1CCOCC1. The average molecular weight is 389 g/mol. The summed E-state index contributed by atoms with van der Waals surface area (Å²) in [5.41, 5.74) is 1.17. The third kappa shape index (κ3) is 6.49. The van der Waals surface area contributed by atoms with E-state index in [9.17, 15) is 4.79 Å². The molecule has 1 aromatic carbocycles. The fraction of sp³-hybridized carbons (Fsp3) is 0.696. The van der Waals surface area contributed by atoms with Crippen LogP contribution in [0.2, 0.25) is 0 Å². The van der Waals surface area contributed by atoms with E-state index >= 15 is 0 Å². The molecule has 1 unspecified atom stereocenters. The van der Waals surface area contributed by atoms with Gasteiger partial charge in [-0.1, -0.05) is 26.0 Å². The summed E-state index contributed by atoms with van der Waals surface area (Å²) in [4.78, 5) is 14.8. The minimum Gasteiger partial charge on any atom is -0.490 e. The lowest BCUT2D eigenvalue weighted by Gasteiger charge is -2.36. The molecule has 0 radical (unpaired) electrons. The lowest BCUT2D eigenvalue weighted by Crippen LogP contribution is -2.51. The Morgan fingerprint density at radius 3 is 2.71 bits per heavy atom. The highest BCUT2D eigenvalue weighted by atomic mass is 16.5. The van der Waals surface area contributed by atoms with E-state index in [-0.39, 0.29) is 5.91 Å². The van der Waals surface area contributed by atoms with Gasteiger partial charge in [0.05, 0.1) is 19.3 Å². The van der Waals surface area contributed by atoms with Gasteiger partial charge in [-0.3, -0.25) is 9.69 Å². The Kier molecular flexibility index (Phi) is 8.16. The van der Waals surface area contributed by atoms with E-state index in [0.717, 1.165) is 51.3 Å². The molecule has 1 N–H and O–H groups in total. The molecular formula is C23H36N2O3. The lowest BCUT2D eigenvalue weighted by atomic mass is 10.0. The van der Waals surface area contributed by atoms with E-state index in [4.69, 9.17) is 9.47 Å². The molecule has 0 spiro atoms. The first-order valence-corrected chi connectivity index (χ1v) is 11.0. The zero-order valence-corrected chi connectivity index (χ0v) is 17.5. The number of ether oxygens (including phenoxy) is 2. The predicted octanol–water partition coefficient (Wildman–Crippen LogP) is 3.41. The average Bonchev–Trinajstić information content (AvgIpc) is 3.20. The van der Waals surface area contributed by atoms with Crippen molar-refractivity contribution in [2.75, 3.05) is 32.8 Å². The second kappa shape index (κ2) is 10.8. The van der Waals surface area contributed by atoms with Gasteiger partial charge in [-0.2, -0.15) is 0 Å². The number of carbonyl (C=O) groups is 1. The van der Waals surface area contributed by atoms with Crippen LogP contribution in [-0.2, 0) is 16.0 Å². The maximum absolute atomic E-state index is 12.4. The van der Waals surface area contributed by atoms with Crippen molar-refractivity contribution >= 4 is 5.91 Å². The molecule has 0 bridgehead atoms. The van der Waals surface area contributed by atoms with Crippen molar-refractivity contribution in [1.82, 2.24) is 10.2 Å². The molecule has 1 atom stereocenters. The normalized spacial score (nSPS) is 19.7. The zero-order chi connectivity index (χ0) is 19.8. The summed E-state index contributed by atoms with van der Waals surface area (Å²) in [5, 5.41) is 3.15. The Hall–Kier alpha value is -1.59. The molecule has 1 aliphatic heterocycles. The molecule has 5 heteroatoms. The first-order valence-electron chi connectivity index (χ1n) is 11.0. The van der Waals surface area contributed by atoms with E-state index in [1.54, 1.807) is 0 Å². The van der Waals surface area contributed by atoms with E-state index in [0.29, 0.717) is 31.0 Å². The van der Waals surface area contributed by atoms with Gasteiger partial charge in [0, 0.05) is 32.1 Å². The summed E-state index contributed by atoms with van der Waals surface area (Å²) in [5.74, 6) is 1.57. The van der Waals surface area contributed by atoms with E-state index in [2.05, 4.69) is 36.2 Å². The zero-order valence-electron chi connectivity index (χ0n) is 17.5. The van der Waals surface area contributed by atoms with Gasteiger partial charge < -0.3 is 14.8 Å². The Morgan fingerprint density at radius 1 is 1.25 bits per heavy atom. The standard InChI is InChI=1S/C23H36N2O3/c1-18(2)22(25-12-14-27-15-13-25)17-24-23(26)11-10-19-6-5-9-21(16-19)28-20-7-3-4-8-20/h5-6,9,16,18,20,22H,3-4,7-8,10-15,17H2,1-2H3,(H,24,26). The Labute approximate surface area is 169 Å². The number of nitrogens with zero attached hydrogens (tertiary/aromatic N) is 1. The highest BCUT2D eigenvalue weighted by Gasteiger charge is 2.24. The van der Waals surface area contributed by atoms with Crippen molar-refractivity contribution in [2.45, 2.75) is 64.5 Å². The summed E-state index contributed by atoms with van der Waals surface area (Å²) < 4.78 is 11.5. The Bertz CT molecular complexity index is 608. The van der Waals surface area contributed by atoms with Gasteiger partial charge in [0.15, 0.2) is 0 Å². The number of amides is 1. The van der Waals surface area contributed by atoms with Crippen LogP contribution in [0.15, 0.2) is 24.3 Å². The Morgan fingerprint density at radius 2 is 2.00 bits per heavy atom. The van der Waals surface area contributed by atoms with Crippen molar-refractivity contribution in [3.8, 4) is 5.75 Å². The molecule has 2 fully saturated rings. The maximum Gasteiger partial charge on any atom is 0.220 e. The summed E-state index contributed by atoms with van der Waals surface area (Å²) >= 11 is 0. The molecule has 28 heavy (non-hydrogen) atoms. The second-order valence-corrected chi connectivity index (χ2v) is 8.44. The van der Waals surface area contributed by atoms with Crippen LogP contribution in [0.4, 0.5) is 0 Å². The van der Waals surface area contributed by atoms with Gasteiger partial charge in [0.1, 0.15) is 5.75 Å². The van der Waals surface area contributed by atoms with Gasteiger partial charge >= 0.3 is 0 Å². The quantitative estimate of drug-likeness (QED) is 0.704. The van der Waals surface area contributed by atoms with Crippen molar-refractivity contribution in [2.24, 2.45) is 5.92 Å². The highest BCUT2D eigenvalue weighted by Crippen LogP contribution is 2.24. The third-order valence-electron chi connectivity index (χ3n) is 5.94. The topological polar surface area (TPSA) is 50.8 Å². The van der Waals surface area contributed by atoms with E-state index < -0.39 is 0 Å². The van der Waals surface area contributed by atoms with Crippen LogP contribution < -0.4 is 10.1 Å². The number of nitrogens with one attached hydrogen (secondary N) is 1. The largest absolute Gasteiger partial charge is 0.490 e. The molecule has 1 aromatic rings. The third-order valence-corrected chi connectivity index (χ3v) is 5.94. The van der Waals surface area contributed by atoms with Crippen molar-refractivity contribution in [3.05, 3.63) is 29.8 Å². The molecule has 5 nitrogen and oxygen atoms in total. The fourth-order valence-corrected chi connectivity index (χ4v) is 4.23. The molecule has 0 aromatic heterocycles. The van der Waals surface area contributed by atoms with Crippen LogP contribution in [0.3, 0.4) is 0 Å². The highest BCUT2D eigenvalue weighted by molar-refractivity contribution is 5.76. The number of morpholine rings is 1. The van der Waals surface area contributed by atoms with Gasteiger partial charge in [0.25, 0.3) is 0 Å². The van der Waals surface area contributed by atoms with Crippen molar-refractivity contribution < 1.29 is 14.3 Å². The maximum atomic E-state index is 12.4. The van der Waals surface area contributed by atoms with Gasteiger partial charge in [-0.05, 0) is 55.7 Å². The van der Waals surface area contributed by atoms with Crippen LogP contribution in [-0.4, -0.2) is 55.8 Å². The summed E-state index contributed by atoms with van der Waals surface area (Å²) in [7, 11) is 0. The number of hydrogen-bond donors (Lipinski definition) is 1. The predicted molar refractivity (Wildman–Crippen MR) is 112 cm³/mol. The Balaban J connectivity index is 1.43. The van der Waals surface area contributed by atoms with Crippen LogP contribution >= 0.6 is 0 Å². The first-order chi connectivity index (χ1) is 13.6. The van der Waals surface area contributed by atoms with Crippen LogP contribution in [0, 0.1) is 5.92 Å². The lowest BCUT2D eigenvalue weighted by molar-refractivity contribution is -0.121. The second-order valence-electron chi connectivity index (χ2n) is 8.44. The van der Waals surface area contributed by atoms with Crippen molar-refractivity contribution in [3.63, 3.8) is 0 Å². The molecule has 2 aliphatic rings. The smallest absolute Gasteiger partial charge is 0.220 e. The molecule has 1 aliphatic carbocycles. The molecule has 1 amide bonds. The summed E-state index contributed by atoms with van der Waals surface area (Å²) in [6.07, 6.45) is 6.49. The van der Waals surface area contributed by atoms with Crippen LogP contribution in [0.5, 0.6) is 5.75 Å². The minimum absolute atomic E-state index is 0.126. The van der Waals surface area contributed by atoms with E-state index in [1.165, 1.54) is 18.4 Å². The van der Waals surface area contributed by atoms with Crippen molar-refractivity contribution in [1.29, 1.82) is 0 Å². The number of hydrogen-bond acceptors (Lipinski definition) is 4. The molecular weight excluding hydrogens is 352 g/mol. The number of rotatable bonds is 9. The summed E-state index contributed by atoms with van der Waals surface area (Å²) in [6, 6.07) is 8.61. The first kappa shape index (κ1) is 21.1. The summed E-state index contributed by atoms with van der Waals surface area (Å²) in [6.45, 7) is 8.64. The molecule has 156 valence electrons. The molecule has 1 saturated heterocycles. The number of carbonyl (C=O) groups excluding carboxylic acids is 1. The monoisotopic (exact) mass is 388 g/mol. The fourth-order valence-electron chi connectivity index (χ4n) is 4.23. The van der Waals surface area contributed by atoms with Crippen LogP contribution in [0.25, 0.3) is 0 Å². The molecule has 3 rings (SSSR count). The van der Waals surface area contributed by atoms with Gasteiger partial charge in [-0.25, -0.2) is 0 Å². The molecule has 1 saturated carbocycles. The number of aryl methyl sites for hydroxylation is 1. The number of benzene rings is 1. The van der Waals surface area contributed by atoms with Crippen LogP contribution in [0.1, 0.15) is 51.5 Å². The van der Waals surface area contributed by atoms with E-state index in [1.807, 2.05) is 12.1 Å². The molecule has 1 heterocycles. The van der Waals surface area contributed by atoms with Gasteiger partial charge in [0.2, 0.25) is 5.91 Å². The minimum atomic E-state index is 0.126. The van der Waals surface area contributed by atoms with Gasteiger partial charge in [-0.15, -0.1) is 0 Å².